The minimum Gasteiger partial charge on any atom is -0.328 e. The van der Waals surface area contributed by atoms with Crippen molar-refractivity contribution >= 4 is 11.0 Å². The van der Waals surface area contributed by atoms with Gasteiger partial charge in [-0.3, -0.25) is 4.90 Å². The van der Waals surface area contributed by atoms with Crippen molar-refractivity contribution < 1.29 is 0 Å². The van der Waals surface area contributed by atoms with E-state index >= 15 is 0 Å². The van der Waals surface area contributed by atoms with Gasteiger partial charge in [-0.05, 0) is 45.0 Å². The predicted molar refractivity (Wildman–Crippen MR) is 87.2 cm³/mol. The van der Waals surface area contributed by atoms with Crippen molar-refractivity contribution in [2.45, 2.75) is 45.2 Å². The van der Waals surface area contributed by atoms with Crippen LogP contribution >= 0.6 is 0 Å². The molecule has 0 amide bonds. The van der Waals surface area contributed by atoms with Gasteiger partial charge in [0, 0.05) is 12.6 Å². The summed E-state index contributed by atoms with van der Waals surface area (Å²) in [5.41, 5.74) is 8.21. The summed E-state index contributed by atoms with van der Waals surface area (Å²) in [5, 5.41) is 0. The van der Waals surface area contributed by atoms with Crippen LogP contribution in [0.1, 0.15) is 44.5 Å². The van der Waals surface area contributed by atoms with Crippen molar-refractivity contribution in [1.29, 1.82) is 0 Å². The molecule has 21 heavy (non-hydrogen) atoms. The molecule has 1 aromatic heterocycles. The number of hydrogen-bond donors (Lipinski definition) is 1. The number of hydrogen-bond acceptors (Lipinski definition) is 3. The lowest BCUT2D eigenvalue weighted by Crippen LogP contribution is -2.27. The summed E-state index contributed by atoms with van der Waals surface area (Å²) in [7, 11) is 0. The molecule has 1 atom stereocenters. The van der Waals surface area contributed by atoms with E-state index in [4.69, 9.17) is 10.7 Å². The topological polar surface area (TPSA) is 47.1 Å². The number of fused-ring (bicyclic) bond motifs is 1. The summed E-state index contributed by atoms with van der Waals surface area (Å²) in [6.45, 7) is 6.16. The zero-order valence-electron chi connectivity index (χ0n) is 13.0. The van der Waals surface area contributed by atoms with Crippen LogP contribution in [0.4, 0.5) is 0 Å². The van der Waals surface area contributed by atoms with Gasteiger partial charge in [0.25, 0.3) is 0 Å². The molecule has 4 heteroatoms. The van der Waals surface area contributed by atoms with E-state index in [-0.39, 0.29) is 0 Å². The predicted octanol–water partition coefficient (Wildman–Crippen LogP) is 2.93. The Morgan fingerprint density at radius 1 is 1.14 bits per heavy atom. The van der Waals surface area contributed by atoms with Gasteiger partial charge in [0.15, 0.2) is 0 Å². The third-order valence-corrected chi connectivity index (χ3v) is 4.51. The number of likely N-dealkylation sites (tertiary alicyclic amines) is 1. The van der Waals surface area contributed by atoms with Gasteiger partial charge < -0.3 is 10.3 Å². The van der Waals surface area contributed by atoms with Crippen LogP contribution < -0.4 is 5.73 Å². The van der Waals surface area contributed by atoms with E-state index in [1.165, 1.54) is 44.3 Å². The number of benzene rings is 1. The van der Waals surface area contributed by atoms with Crippen LogP contribution in [-0.4, -0.2) is 34.1 Å². The third kappa shape index (κ3) is 3.11. The maximum atomic E-state index is 5.92. The smallest absolute Gasteiger partial charge is 0.124 e. The zero-order chi connectivity index (χ0) is 14.7. The second kappa shape index (κ2) is 6.58. The van der Waals surface area contributed by atoms with Gasteiger partial charge in [-0.15, -0.1) is 0 Å². The highest BCUT2D eigenvalue weighted by molar-refractivity contribution is 5.76. The zero-order valence-corrected chi connectivity index (χ0v) is 13.0. The quantitative estimate of drug-likeness (QED) is 0.940. The summed E-state index contributed by atoms with van der Waals surface area (Å²) in [6, 6.07) is 8.68. The summed E-state index contributed by atoms with van der Waals surface area (Å²) in [6.07, 6.45) is 5.36. The number of para-hydroxylation sites is 2. The number of nitrogens with zero attached hydrogens (tertiary/aromatic N) is 3. The van der Waals surface area contributed by atoms with Crippen molar-refractivity contribution in [3.63, 3.8) is 0 Å². The van der Waals surface area contributed by atoms with E-state index in [1.807, 2.05) is 0 Å². The standard InChI is InChI=1S/C17H26N4/c1-14(12-18)21-16-9-5-4-8-15(16)19-17(21)13-20-10-6-2-3-7-11-20/h4-5,8-9,14H,2-3,6-7,10-13,18H2,1H3. The Bertz CT molecular complexity index is 581. The fraction of sp³-hybridized carbons (Fsp3) is 0.588. The van der Waals surface area contributed by atoms with Gasteiger partial charge in [-0.1, -0.05) is 25.0 Å². The molecule has 1 unspecified atom stereocenters. The molecule has 4 nitrogen and oxygen atoms in total. The fourth-order valence-electron chi connectivity index (χ4n) is 3.30. The van der Waals surface area contributed by atoms with Crippen LogP contribution in [0, 0.1) is 0 Å². The SMILES string of the molecule is CC(CN)n1c(CN2CCCCCC2)nc2ccccc21. The molecule has 0 aliphatic carbocycles. The minimum atomic E-state index is 0.291. The van der Waals surface area contributed by atoms with Crippen molar-refractivity contribution in [3.05, 3.63) is 30.1 Å². The highest BCUT2D eigenvalue weighted by Gasteiger charge is 2.18. The van der Waals surface area contributed by atoms with E-state index < -0.39 is 0 Å². The Kier molecular flexibility index (Phi) is 4.56. The van der Waals surface area contributed by atoms with Gasteiger partial charge in [-0.25, -0.2) is 4.98 Å². The van der Waals surface area contributed by atoms with Crippen LogP contribution in [0.2, 0.25) is 0 Å². The molecule has 2 aromatic rings. The molecule has 1 aliphatic heterocycles. The van der Waals surface area contributed by atoms with E-state index in [9.17, 15) is 0 Å². The van der Waals surface area contributed by atoms with Crippen molar-refractivity contribution in [2.75, 3.05) is 19.6 Å². The molecular formula is C17H26N4. The first kappa shape index (κ1) is 14.5. The van der Waals surface area contributed by atoms with Crippen LogP contribution in [-0.2, 0) is 6.54 Å². The number of imidazole rings is 1. The van der Waals surface area contributed by atoms with E-state index in [0.717, 1.165) is 17.9 Å². The average Bonchev–Trinajstić information content (AvgIpc) is 2.67. The fourth-order valence-corrected chi connectivity index (χ4v) is 3.30. The molecule has 1 fully saturated rings. The molecule has 0 bridgehead atoms. The number of aromatic nitrogens is 2. The molecule has 0 spiro atoms. The Morgan fingerprint density at radius 3 is 2.57 bits per heavy atom. The second-order valence-electron chi connectivity index (χ2n) is 6.16. The molecule has 1 aromatic carbocycles. The van der Waals surface area contributed by atoms with Crippen molar-refractivity contribution in [1.82, 2.24) is 14.5 Å². The Morgan fingerprint density at radius 2 is 1.86 bits per heavy atom. The Hall–Kier alpha value is -1.39. The summed E-state index contributed by atoms with van der Waals surface area (Å²) >= 11 is 0. The summed E-state index contributed by atoms with van der Waals surface area (Å²) < 4.78 is 2.33. The van der Waals surface area contributed by atoms with E-state index in [2.05, 4.69) is 40.7 Å². The lowest BCUT2D eigenvalue weighted by Gasteiger charge is -2.22. The van der Waals surface area contributed by atoms with Gasteiger partial charge in [-0.2, -0.15) is 0 Å². The highest BCUT2D eigenvalue weighted by atomic mass is 15.2. The molecule has 114 valence electrons. The average molecular weight is 286 g/mol. The Balaban J connectivity index is 1.92. The van der Waals surface area contributed by atoms with Gasteiger partial charge in [0.1, 0.15) is 5.82 Å². The van der Waals surface area contributed by atoms with Crippen LogP contribution in [0.25, 0.3) is 11.0 Å². The van der Waals surface area contributed by atoms with Gasteiger partial charge in [0.05, 0.1) is 17.6 Å². The molecule has 1 saturated heterocycles. The summed E-state index contributed by atoms with van der Waals surface area (Å²) in [4.78, 5) is 7.42. The molecule has 0 saturated carbocycles. The normalized spacial score (nSPS) is 18.8. The minimum absolute atomic E-state index is 0.291. The molecule has 2 heterocycles. The monoisotopic (exact) mass is 286 g/mol. The lowest BCUT2D eigenvalue weighted by atomic mass is 10.2. The maximum absolute atomic E-state index is 5.92. The first-order valence-electron chi connectivity index (χ1n) is 8.18. The van der Waals surface area contributed by atoms with Crippen molar-refractivity contribution in [2.24, 2.45) is 5.73 Å². The second-order valence-corrected chi connectivity index (χ2v) is 6.16. The van der Waals surface area contributed by atoms with Crippen LogP contribution in [0.5, 0.6) is 0 Å². The van der Waals surface area contributed by atoms with Gasteiger partial charge in [0.2, 0.25) is 0 Å². The first-order chi connectivity index (χ1) is 10.3. The molecule has 0 radical (unpaired) electrons. The molecular weight excluding hydrogens is 260 g/mol. The highest BCUT2D eigenvalue weighted by Crippen LogP contribution is 2.22. The third-order valence-electron chi connectivity index (χ3n) is 4.51. The van der Waals surface area contributed by atoms with Crippen molar-refractivity contribution in [3.8, 4) is 0 Å². The van der Waals surface area contributed by atoms with Gasteiger partial charge >= 0.3 is 0 Å². The van der Waals surface area contributed by atoms with Crippen LogP contribution in [0.15, 0.2) is 24.3 Å². The van der Waals surface area contributed by atoms with E-state index in [1.54, 1.807) is 0 Å². The lowest BCUT2D eigenvalue weighted by molar-refractivity contribution is 0.264. The summed E-state index contributed by atoms with van der Waals surface area (Å²) in [5.74, 6) is 1.16. The largest absolute Gasteiger partial charge is 0.328 e. The van der Waals surface area contributed by atoms with E-state index in [0.29, 0.717) is 12.6 Å². The van der Waals surface area contributed by atoms with Crippen LogP contribution in [0.3, 0.4) is 0 Å². The first-order valence-corrected chi connectivity index (χ1v) is 8.18. The molecule has 1 aliphatic rings. The molecule has 3 rings (SSSR count). The maximum Gasteiger partial charge on any atom is 0.124 e. The number of rotatable bonds is 4. The Labute approximate surface area is 126 Å². The molecule has 2 N–H and O–H groups in total. The number of nitrogens with two attached hydrogens (primary N) is 1.